The van der Waals surface area contributed by atoms with E-state index < -0.39 is 0 Å². The van der Waals surface area contributed by atoms with E-state index in [-0.39, 0.29) is 11.0 Å². The number of benzene rings is 1. The number of rotatable bonds is 2. The number of carbonyl (C=O) groups excluding carboxylic acids is 1. The van der Waals surface area contributed by atoms with E-state index in [2.05, 4.69) is 54.5 Å². The zero-order valence-electron chi connectivity index (χ0n) is 10.2. The minimum absolute atomic E-state index is 0.230. The lowest BCUT2D eigenvalue weighted by molar-refractivity contribution is 0.0977. The summed E-state index contributed by atoms with van der Waals surface area (Å²) in [5, 5.41) is 9.07. The van der Waals surface area contributed by atoms with Gasteiger partial charge in [-0.2, -0.15) is 0 Å². The predicted octanol–water partition coefficient (Wildman–Crippen LogP) is 2.78. The fraction of sp³-hybridized carbons (Fsp3) is 0.0769. The van der Waals surface area contributed by atoms with E-state index in [1.807, 2.05) is 24.3 Å². The van der Waals surface area contributed by atoms with Gasteiger partial charge in [0.2, 0.25) is 0 Å². The number of hydrogen-bond acceptors (Lipinski definition) is 3. The first-order valence-electron chi connectivity index (χ1n) is 5.73. The maximum atomic E-state index is 11.9. The lowest BCUT2D eigenvalue weighted by Crippen LogP contribution is -2.42. The van der Waals surface area contributed by atoms with Crippen molar-refractivity contribution in [3.8, 4) is 0 Å². The molecule has 104 valence electrons. The average molecular weight is 464 g/mol. The largest absolute Gasteiger partial charge is 0.366 e. The van der Waals surface area contributed by atoms with Crippen LogP contribution in [0, 0.1) is 0 Å². The van der Waals surface area contributed by atoms with Crippen LogP contribution in [0.3, 0.4) is 0 Å². The summed E-state index contributed by atoms with van der Waals surface area (Å²) in [4.78, 5) is 11.9. The third-order valence-corrected chi connectivity index (χ3v) is 4.02. The van der Waals surface area contributed by atoms with Gasteiger partial charge in [-0.05, 0) is 53.0 Å². The van der Waals surface area contributed by atoms with Crippen molar-refractivity contribution in [2.75, 3.05) is 6.54 Å². The molecule has 1 heterocycles. The van der Waals surface area contributed by atoms with Crippen molar-refractivity contribution in [3.05, 3.63) is 55.9 Å². The number of carbonyl (C=O) groups is 1. The van der Waals surface area contributed by atoms with Crippen LogP contribution in [0.1, 0.15) is 10.4 Å². The predicted molar refractivity (Wildman–Crippen MR) is 95.7 cm³/mol. The Hall–Kier alpha value is -0.930. The number of allylic oxidation sites excluding steroid dienone is 2. The molecule has 1 amide bonds. The minimum Gasteiger partial charge on any atom is -0.366 e. The van der Waals surface area contributed by atoms with Crippen LogP contribution in [0.2, 0.25) is 0 Å². The first-order chi connectivity index (χ1) is 9.56. The van der Waals surface area contributed by atoms with Crippen molar-refractivity contribution in [2.24, 2.45) is 0 Å². The molecule has 1 aliphatic heterocycles. The highest BCUT2D eigenvalue weighted by molar-refractivity contribution is 14.1. The number of thiocarbonyl (C=S) groups is 1. The molecule has 4 nitrogen and oxygen atoms in total. The summed E-state index contributed by atoms with van der Waals surface area (Å²) >= 11 is 10.8. The Labute approximate surface area is 144 Å². The van der Waals surface area contributed by atoms with Crippen molar-refractivity contribution in [3.63, 3.8) is 0 Å². The molecule has 20 heavy (non-hydrogen) atoms. The van der Waals surface area contributed by atoms with Crippen molar-refractivity contribution < 1.29 is 4.79 Å². The molecule has 0 fully saturated rings. The van der Waals surface area contributed by atoms with E-state index in [0.717, 1.165) is 13.9 Å². The van der Waals surface area contributed by atoms with Gasteiger partial charge in [-0.15, -0.1) is 0 Å². The normalized spacial score (nSPS) is 14.2. The Morgan fingerprint density at radius 1 is 1.35 bits per heavy atom. The van der Waals surface area contributed by atoms with Gasteiger partial charge in [0.25, 0.3) is 5.91 Å². The second kappa shape index (κ2) is 7.19. The molecule has 0 saturated heterocycles. The number of dihydropyridines is 1. The molecule has 0 aliphatic carbocycles. The number of nitrogens with one attached hydrogen (secondary N) is 3. The van der Waals surface area contributed by atoms with Gasteiger partial charge >= 0.3 is 0 Å². The van der Waals surface area contributed by atoms with Crippen molar-refractivity contribution in [2.45, 2.75) is 0 Å². The third-order valence-electron chi connectivity index (χ3n) is 2.46. The van der Waals surface area contributed by atoms with E-state index in [0.29, 0.717) is 12.1 Å². The topological polar surface area (TPSA) is 53.2 Å². The Morgan fingerprint density at radius 3 is 2.70 bits per heavy atom. The molecule has 0 radical (unpaired) electrons. The summed E-state index contributed by atoms with van der Waals surface area (Å²) in [7, 11) is 0. The van der Waals surface area contributed by atoms with Crippen LogP contribution < -0.4 is 16.0 Å². The maximum Gasteiger partial charge on any atom is 0.257 e. The van der Waals surface area contributed by atoms with E-state index >= 15 is 0 Å². The van der Waals surface area contributed by atoms with Gasteiger partial charge in [-0.25, -0.2) is 0 Å². The molecular formula is C13H11BrIN3OS. The lowest BCUT2D eigenvalue weighted by atomic mass is 10.2. The molecule has 1 aliphatic rings. The summed E-state index contributed by atoms with van der Waals surface area (Å²) in [6.07, 6.45) is 1.99. The second-order valence-electron chi connectivity index (χ2n) is 3.94. The molecule has 7 heteroatoms. The highest BCUT2D eigenvalue weighted by atomic mass is 127. The molecule has 3 N–H and O–H groups in total. The van der Waals surface area contributed by atoms with Crippen LogP contribution in [-0.2, 0) is 0 Å². The van der Waals surface area contributed by atoms with E-state index in [1.165, 1.54) is 0 Å². The SMILES string of the molecule is O=C(NC(=S)NC1=C(I)C=C(Br)CN1)c1ccccc1. The Bertz CT molecular complexity index is 601. The smallest absolute Gasteiger partial charge is 0.257 e. The maximum absolute atomic E-state index is 11.9. The van der Waals surface area contributed by atoms with Crippen LogP contribution in [0.5, 0.6) is 0 Å². The minimum atomic E-state index is -0.230. The first-order valence-corrected chi connectivity index (χ1v) is 8.01. The zero-order chi connectivity index (χ0) is 14.5. The molecule has 1 aromatic carbocycles. The van der Waals surface area contributed by atoms with Crippen molar-refractivity contribution in [1.29, 1.82) is 0 Å². The first kappa shape index (κ1) is 15.5. The number of halogens is 2. The van der Waals surface area contributed by atoms with Crippen molar-refractivity contribution >= 4 is 61.8 Å². The highest BCUT2D eigenvalue weighted by Crippen LogP contribution is 2.20. The molecule has 0 atom stereocenters. The van der Waals surface area contributed by atoms with Gasteiger partial charge in [0, 0.05) is 16.6 Å². The standard InChI is InChI=1S/C13H11BrIN3OS/c14-9-6-10(15)11(16-7-9)17-13(20)18-12(19)8-4-2-1-3-5-8/h1-6,16H,7H2,(H2,17,18,19,20). The molecule has 0 spiro atoms. The molecular weight excluding hydrogens is 453 g/mol. The van der Waals surface area contributed by atoms with Crippen LogP contribution in [0.4, 0.5) is 0 Å². The Kier molecular flexibility index (Phi) is 5.55. The summed E-state index contributed by atoms with van der Waals surface area (Å²) in [6.45, 7) is 0.685. The molecule has 0 bridgehead atoms. The van der Waals surface area contributed by atoms with Gasteiger partial charge in [0.1, 0.15) is 5.82 Å². The van der Waals surface area contributed by atoms with Gasteiger partial charge in [-0.3, -0.25) is 10.1 Å². The summed E-state index contributed by atoms with van der Waals surface area (Å²) in [6, 6.07) is 8.94. The fourth-order valence-corrected chi connectivity index (χ4v) is 3.22. The summed E-state index contributed by atoms with van der Waals surface area (Å²) < 4.78 is 2.05. The zero-order valence-corrected chi connectivity index (χ0v) is 14.8. The van der Waals surface area contributed by atoms with E-state index in [1.54, 1.807) is 12.1 Å². The van der Waals surface area contributed by atoms with Crippen LogP contribution in [0.25, 0.3) is 0 Å². The van der Waals surface area contributed by atoms with Gasteiger partial charge < -0.3 is 10.6 Å². The van der Waals surface area contributed by atoms with Gasteiger partial charge in [-0.1, -0.05) is 34.1 Å². The van der Waals surface area contributed by atoms with Crippen LogP contribution in [0.15, 0.2) is 50.3 Å². The molecule has 0 unspecified atom stereocenters. The quantitative estimate of drug-likeness (QED) is 0.466. The molecule has 1 aromatic rings. The van der Waals surface area contributed by atoms with E-state index in [9.17, 15) is 4.79 Å². The summed E-state index contributed by atoms with van der Waals surface area (Å²) in [5.41, 5.74) is 0.569. The number of hydrogen-bond donors (Lipinski definition) is 3. The van der Waals surface area contributed by atoms with Gasteiger partial charge in [0.05, 0.1) is 3.58 Å². The lowest BCUT2D eigenvalue weighted by Gasteiger charge is -2.19. The van der Waals surface area contributed by atoms with Gasteiger partial charge in [0.15, 0.2) is 5.11 Å². The molecule has 0 saturated carbocycles. The number of amides is 1. The summed E-state index contributed by atoms with van der Waals surface area (Å²) in [5.74, 6) is 0.554. The Balaban J connectivity index is 1.97. The monoisotopic (exact) mass is 463 g/mol. The van der Waals surface area contributed by atoms with Crippen LogP contribution >= 0.6 is 50.7 Å². The fourth-order valence-electron chi connectivity index (χ4n) is 1.53. The average Bonchev–Trinajstić information content (AvgIpc) is 2.43. The Morgan fingerprint density at radius 2 is 2.05 bits per heavy atom. The highest BCUT2D eigenvalue weighted by Gasteiger charge is 2.12. The second-order valence-corrected chi connectivity index (χ2v) is 6.53. The molecule has 2 rings (SSSR count). The third kappa shape index (κ3) is 4.29. The van der Waals surface area contributed by atoms with E-state index in [4.69, 9.17) is 12.2 Å². The van der Waals surface area contributed by atoms with Crippen molar-refractivity contribution in [1.82, 2.24) is 16.0 Å². The van der Waals surface area contributed by atoms with Crippen LogP contribution in [-0.4, -0.2) is 17.6 Å². The molecule has 0 aromatic heterocycles.